The highest BCUT2D eigenvalue weighted by atomic mass is 35.5. The lowest BCUT2D eigenvalue weighted by molar-refractivity contribution is -0.136. The second-order valence-electron chi connectivity index (χ2n) is 10.9. The van der Waals surface area contributed by atoms with Crippen molar-refractivity contribution < 1.29 is 14.7 Å². The third-order valence-corrected chi connectivity index (χ3v) is 8.06. The number of amides is 1. The fourth-order valence-electron chi connectivity index (χ4n) is 5.10. The zero-order chi connectivity index (χ0) is 26.7. The summed E-state index contributed by atoms with van der Waals surface area (Å²) in [5, 5.41) is 12.4. The van der Waals surface area contributed by atoms with Gasteiger partial charge in [-0.1, -0.05) is 56.1 Å². The van der Waals surface area contributed by atoms with Gasteiger partial charge in [0.15, 0.2) is 0 Å². The Hall–Kier alpha value is -2.77. The van der Waals surface area contributed by atoms with E-state index in [4.69, 9.17) is 33.3 Å². The molecule has 37 heavy (non-hydrogen) atoms. The fraction of sp³-hybridized carbons (Fsp3) is 0.464. The van der Waals surface area contributed by atoms with E-state index in [0.29, 0.717) is 39.5 Å². The Bertz CT molecular complexity index is 1220. The van der Waals surface area contributed by atoms with Crippen LogP contribution in [0.1, 0.15) is 68.8 Å². The molecule has 3 N–H and O–H groups in total. The number of benzene rings is 2. The van der Waals surface area contributed by atoms with Gasteiger partial charge >= 0.3 is 5.97 Å². The Morgan fingerprint density at radius 3 is 2.35 bits per heavy atom. The van der Waals surface area contributed by atoms with Crippen molar-refractivity contribution in [2.75, 3.05) is 11.4 Å². The van der Waals surface area contributed by atoms with Crippen LogP contribution >= 0.6 is 23.2 Å². The molecule has 1 heterocycles. The number of aliphatic carboxylic acids is 1. The summed E-state index contributed by atoms with van der Waals surface area (Å²) in [5.74, 6) is 0.249. The third kappa shape index (κ3) is 6.76. The van der Waals surface area contributed by atoms with Crippen LogP contribution < -0.4 is 10.2 Å². The van der Waals surface area contributed by atoms with Gasteiger partial charge < -0.3 is 20.3 Å². The topological polar surface area (TPSA) is 98.3 Å². The molecule has 1 aliphatic carbocycles. The van der Waals surface area contributed by atoms with Crippen LogP contribution in [0.5, 0.6) is 0 Å². The van der Waals surface area contributed by atoms with Gasteiger partial charge in [-0.3, -0.25) is 9.59 Å². The maximum Gasteiger partial charge on any atom is 0.305 e. The van der Waals surface area contributed by atoms with Gasteiger partial charge in [-0.2, -0.15) is 0 Å². The van der Waals surface area contributed by atoms with Gasteiger partial charge in [0.2, 0.25) is 5.95 Å². The predicted molar refractivity (Wildman–Crippen MR) is 149 cm³/mol. The molecule has 3 aromatic rings. The quantitative estimate of drug-likeness (QED) is 0.293. The Balaban J connectivity index is 1.55. The van der Waals surface area contributed by atoms with Crippen LogP contribution in [0, 0.1) is 11.3 Å². The van der Waals surface area contributed by atoms with Crippen LogP contribution in [0.2, 0.25) is 10.0 Å². The summed E-state index contributed by atoms with van der Waals surface area (Å²) >= 11 is 12.5. The minimum absolute atomic E-state index is 0.0982. The van der Waals surface area contributed by atoms with Gasteiger partial charge in [-0.15, -0.1) is 0 Å². The maximum atomic E-state index is 12.3. The average molecular weight is 546 g/mol. The van der Waals surface area contributed by atoms with Crippen molar-refractivity contribution in [3.05, 3.63) is 57.6 Å². The molecule has 1 aliphatic rings. The van der Waals surface area contributed by atoms with Crippen LogP contribution in [0.15, 0.2) is 36.4 Å². The summed E-state index contributed by atoms with van der Waals surface area (Å²) in [4.78, 5) is 33.7. The number of nitrogens with zero attached hydrogens (tertiary/aromatic N) is 2. The third-order valence-electron chi connectivity index (χ3n) is 7.34. The SMILES string of the molecule is CC(C)(C)C1CCC(N(Cc2ccc(C(=O)NCCC(=O)O)cc2)c2nc3cc(Cl)c(Cl)cc3[nH]2)CC1. The van der Waals surface area contributed by atoms with Crippen molar-refractivity contribution >= 4 is 52.1 Å². The fourth-order valence-corrected chi connectivity index (χ4v) is 5.42. The monoisotopic (exact) mass is 544 g/mol. The molecule has 0 saturated heterocycles. The number of fused-ring (bicyclic) bond motifs is 1. The van der Waals surface area contributed by atoms with Crippen LogP contribution in [-0.4, -0.2) is 39.5 Å². The van der Waals surface area contributed by atoms with Crippen LogP contribution in [0.25, 0.3) is 11.0 Å². The van der Waals surface area contributed by atoms with E-state index in [1.54, 1.807) is 18.2 Å². The summed E-state index contributed by atoms with van der Waals surface area (Å²) in [5.41, 5.74) is 3.46. The van der Waals surface area contributed by atoms with Gasteiger partial charge in [0.05, 0.1) is 27.5 Å². The van der Waals surface area contributed by atoms with E-state index in [0.717, 1.165) is 48.2 Å². The van der Waals surface area contributed by atoms with E-state index < -0.39 is 5.97 Å². The molecule has 0 atom stereocenters. The van der Waals surface area contributed by atoms with Crippen LogP contribution in [-0.2, 0) is 11.3 Å². The molecule has 9 heteroatoms. The second kappa shape index (κ2) is 11.3. The maximum absolute atomic E-state index is 12.3. The molecule has 0 unspecified atom stereocenters. The number of imidazole rings is 1. The van der Waals surface area contributed by atoms with Crippen molar-refractivity contribution in [3.63, 3.8) is 0 Å². The molecule has 0 aliphatic heterocycles. The molecule has 2 aromatic carbocycles. The number of aromatic amines is 1. The van der Waals surface area contributed by atoms with Gasteiger partial charge in [0.25, 0.3) is 5.91 Å². The molecule has 4 rings (SSSR count). The highest BCUT2D eigenvalue weighted by Gasteiger charge is 2.33. The van der Waals surface area contributed by atoms with E-state index in [-0.39, 0.29) is 18.9 Å². The zero-order valence-corrected chi connectivity index (χ0v) is 23.0. The number of hydrogen-bond donors (Lipinski definition) is 3. The first-order valence-corrected chi connectivity index (χ1v) is 13.5. The number of aromatic nitrogens is 2. The molecule has 198 valence electrons. The van der Waals surface area contributed by atoms with Crippen molar-refractivity contribution in [3.8, 4) is 0 Å². The van der Waals surface area contributed by atoms with Crippen LogP contribution in [0.4, 0.5) is 5.95 Å². The lowest BCUT2D eigenvalue weighted by Crippen LogP contribution is -2.40. The highest BCUT2D eigenvalue weighted by molar-refractivity contribution is 6.42. The lowest BCUT2D eigenvalue weighted by Gasteiger charge is -2.41. The Morgan fingerprint density at radius 2 is 1.73 bits per heavy atom. The number of halogens is 2. The normalized spacial score (nSPS) is 18.1. The molecule has 0 bridgehead atoms. The van der Waals surface area contributed by atoms with Crippen molar-refractivity contribution in [1.82, 2.24) is 15.3 Å². The number of carboxylic acids is 1. The second-order valence-corrected chi connectivity index (χ2v) is 11.8. The number of carboxylic acid groups (broad SMARTS) is 1. The average Bonchev–Trinajstić information content (AvgIpc) is 3.24. The van der Waals surface area contributed by atoms with Gasteiger partial charge in [-0.05, 0) is 66.8 Å². The number of nitrogens with one attached hydrogen (secondary N) is 2. The first-order valence-electron chi connectivity index (χ1n) is 12.7. The van der Waals surface area contributed by atoms with E-state index >= 15 is 0 Å². The molecule has 7 nitrogen and oxygen atoms in total. The lowest BCUT2D eigenvalue weighted by atomic mass is 9.71. The molecule has 1 aromatic heterocycles. The number of carbonyl (C=O) groups excluding carboxylic acids is 1. The molecule has 1 fully saturated rings. The van der Waals surface area contributed by atoms with E-state index in [1.165, 1.54) is 0 Å². The first kappa shape index (κ1) is 27.3. The number of anilines is 1. The standard InChI is InChI=1S/C28H34Cl2N4O3/c1-28(2,3)19-8-10-20(11-9-19)34(27-32-23-14-21(29)22(30)15-24(23)33-27)16-17-4-6-18(7-5-17)26(37)31-13-12-25(35)36/h4-7,14-15,19-20H,8-13,16H2,1-3H3,(H,31,37)(H,32,33)(H,35,36). The molecular weight excluding hydrogens is 511 g/mol. The van der Waals surface area contributed by atoms with Crippen molar-refractivity contribution in [1.29, 1.82) is 0 Å². The Kier molecular flexibility index (Phi) is 8.34. The smallest absolute Gasteiger partial charge is 0.305 e. The van der Waals surface area contributed by atoms with Gasteiger partial charge in [-0.25, -0.2) is 4.98 Å². The van der Waals surface area contributed by atoms with Gasteiger partial charge in [0, 0.05) is 24.7 Å². The minimum Gasteiger partial charge on any atom is -0.481 e. The number of carbonyl (C=O) groups is 2. The highest BCUT2D eigenvalue weighted by Crippen LogP contribution is 2.40. The van der Waals surface area contributed by atoms with E-state index in [9.17, 15) is 9.59 Å². The summed E-state index contributed by atoms with van der Waals surface area (Å²) in [6.45, 7) is 7.69. The molecule has 1 amide bonds. The van der Waals surface area contributed by atoms with Crippen molar-refractivity contribution in [2.24, 2.45) is 11.3 Å². The molecular formula is C28H34Cl2N4O3. The first-order chi connectivity index (χ1) is 17.5. The number of H-pyrrole nitrogens is 1. The largest absolute Gasteiger partial charge is 0.481 e. The molecule has 0 spiro atoms. The number of rotatable bonds is 8. The molecule has 1 saturated carbocycles. The van der Waals surface area contributed by atoms with Crippen molar-refractivity contribution in [2.45, 2.75) is 65.5 Å². The summed E-state index contributed by atoms with van der Waals surface area (Å²) in [6.07, 6.45) is 4.37. The Morgan fingerprint density at radius 1 is 1.08 bits per heavy atom. The van der Waals surface area contributed by atoms with E-state index in [2.05, 4.69) is 36.0 Å². The number of hydrogen-bond acceptors (Lipinski definition) is 4. The van der Waals surface area contributed by atoms with Gasteiger partial charge in [0.1, 0.15) is 0 Å². The molecule has 0 radical (unpaired) electrons. The summed E-state index contributed by atoms with van der Waals surface area (Å²) in [7, 11) is 0. The van der Waals surface area contributed by atoms with Crippen LogP contribution in [0.3, 0.4) is 0 Å². The Labute approximate surface area is 227 Å². The predicted octanol–water partition coefficient (Wildman–Crippen LogP) is 6.69. The summed E-state index contributed by atoms with van der Waals surface area (Å²) in [6, 6.07) is 11.3. The zero-order valence-electron chi connectivity index (χ0n) is 21.5. The van der Waals surface area contributed by atoms with E-state index in [1.807, 2.05) is 18.2 Å². The minimum atomic E-state index is -0.942. The summed E-state index contributed by atoms with van der Waals surface area (Å²) < 4.78 is 0.